The Hall–Kier alpha value is -4.95. The molecule has 8 nitrogen and oxygen atoms in total. The third kappa shape index (κ3) is 5.17. The van der Waals surface area contributed by atoms with Gasteiger partial charge in [-0.1, -0.05) is 72.3 Å². The number of fused-ring (bicyclic) bond motifs is 1. The quantitative estimate of drug-likeness (QED) is 0.241. The van der Waals surface area contributed by atoms with Crippen molar-refractivity contribution >= 4 is 29.3 Å². The van der Waals surface area contributed by atoms with Crippen LogP contribution >= 0.6 is 11.6 Å². The molecule has 2 N–H and O–H groups in total. The van der Waals surface area contributed by atoms with Gasteiger partial charge >= 0.3 is 0 Å². The van der Waals surface area contributed by atoms with Crippen LogP contribution in [0.4, 0.5) is 11.8 Å². The van der Waals surface area contributed by atoms with Crippen molar-refractivity contribution in [2.75, 3.05) is 10.6 Å². The summed E-state index contributed by atoms with van der Waals surface area (Å²) in [4.78, 5) is 22.6. The Labute approximate surface area is 236 Å². The van der Waals surface area contributed by atoms with Gasteiger partial charge in [0.1, 0.15) is 24.2 Å². The molecule has 6 rings (SSSR count). The highest BCUT2D eigenvalue weighted by Gasteiger charge is 2.35. The van der Waals surface area contributed by atoms with Crippen LogP contribution in [-0.4, -0.2) is 25.7 Å². The first-order chi connectivity index (χ1) is 19.6. The number of allylic oxidation sites excluding steroid dienone is 1. The van der Waals surface area contributed by atoms with E-state index in [1.807, 2.05) is 85.8 Å². The van der Waals surface area contributed by atoms with Crippen molar-refractivity contribution in [3.05, 3.63) is 131 Å². The van der Waals surface area contributed by atoms with Crippen molar-refractivity contribution in [1.82, 2.24) is 19.7 Å². The highest BCUT2D eigenvalue weighted by Crippen LogP contribution is 2.38. The average Bonchev–Trinajstić information content (AvgIpc) is 3.40. The van der Waals surface area contributed by atoms with Crippen LogP contribution in [0.15, 0.2) is 115 Å². The van der Waals surface area contributed by atoms with Gasteiger partial charge in [-0.3, -0.25) is 4.79 Å². The molecular formula is C31H25ClN6O2. The fraction of sp³-hybridized carbons (Fsp3) is 0.0968. The lowest BCUT2D eigenvalue weighted by Crippen LogP contribution is -2.31. The van der Waals surface area contributed by atoms with Crippen molar-refractivity contribution in [1.29, 1.82) is 0 Å². The number of nitrogens with one attached hydrogen (secondary N) is 2. The van der Waals surface area contributed by atoms with Crippen LogP contribution in [0.1, 0.15) is 24.1 Å². The highest BCUT2D eigenvalue weighted by atomic mass is 35.5. The van der Waals surface area contributed by atoms with Gasteiger partial charge in [-0.15, -0.1) is 5.10 Å². The van der Waals surface area contributed by atoms with E-state index >= 15 is 0 Å². The molecule has 1 unspecified atom stereocenters. The molecule has 1 aliphatic rings. The number of benzene rings is 3. The Morgan fingerprint density at radius 1 is 0.975 bits per heavy atom. The molecule has 0 saturated heterocycles. The van der Waals surface area contributed by atoms with Crippen LogP contribution in [0, 0.1) is 0 Å². The van der Waals surface area contributed by atoms with E-state index in [9.17, 15) is 4.79 Å². The maximum Gasteiger partial charge on any atom is 0.257 e. The van der Waals surface area contributed by atoms with Gasteiger partial charge in [-0.05, 0) is 54.4 Å². The van der Waals surface area contributed by atoms with Crippen molar-refractivity contribution in [3.63, 3.8) is 0 Å². The monoisotopic (exact) mass is 548 g/mol. The summed E-state index contributed by atoms with van der Waals surface area (Å²) in [7, 11) is 0. The summed E-state index contributed by atoms with van der Waals surface area (Å²) in [5.41, 5.74) is 3.78. The summed E-state index contributed by atoms with van der Waals surface area (Å²) < 4.78 is 7.71. The zero-order valence-corrected chi connectivity index (χ0v) is 22.3. The summed E-state index contributed by atoms with van der Waals surface area (Å²) in [6.07, 6.45) is 1.63. The van der Waals surface area contributed by atoms with E-state index in [0.717, 1.165) is 16.9 Å². The molecule has 1 atom stereocenters. The van der Waals surface area contributed by atoms with Gasteiger partial charge in [0, 0.05) is 17.5 Å². The number of ether oxygens (including phenoxy) is 1. The second kappa shape index (κ2) is 11.0. The number of carbonyl (C=O) groups excluding carboxylic acids is 1. The lowest BCUT2D eigenvalue weighted by Gasteiger charge is -2.28. The number of pyridine rings is 1. The SMILES string of the molecule is CC1=C(C(=O)Nc2ccccn2)C(c2ccc(OCc3ccccc3)cc2)n2nc(-c3ccccc3Cl)nc2N1. The predicted octanol–water partition coefficient (Wildman–Crippen LogP) is 6.50. The minimum Gasteiger partial charge on any atom is -0.489 e. The summed E-state index contributed by atoms with van der Waals surface area (Å²) in [6, 6.07) is 29.9. The van der Waals surface area contributed by atoms with Crippen molar-refractivity contribution in [2.24, 2.45) is 0 Å². The number of anilines is 2. The summed E-state index contributed by atoms with van der Waals surface area (Å²) in [5.74, 6) is 1.85. The van der Waals surface area contributed by atoms with Crippen LogP contribution in [0.5, 0.6) is 5.75 Å². The molecule has 2 aromatic heterocycles. The number of hydrogen-bond donors (Lipinski definition) is 2. The fourth-order valence-electron chi connectivity index (χ4n) is 4.62. The average molecular weight is 549 g/mol. The lowest BCUT2D eigenvalue weighted by molar-refractivity contribution is -0.113. The van der Waals surface area contributed by atoms with E-state index in [-0.39, 0.29) is 5.91 Å². The molecule has 5 aromatic rings. The molecule has 0 bridgehead atoms. The highest BCUT2D eigenvalue weighted by molar-refractivity contribution is 6.33. The molecule has 198 valence electrons. The Morgan fingerprint density at radius 2 is 1.73 bits per heavy atom. The number of rotatable bonds is 7. The first kappa shape index (κ1) is 25.3. The molecule has 3 aromatic carbocycles. The number of nitrogens with zero attached hydrogens (tertiary/aromatic N) is 4. The van der Waals surface area contributed by atoms with E-state index < -0.39 is 6.04 Å². The summed E-state index contributed by atoms with van der Waals surface area (Å²) in [5, 5.41) is 11.5. The Kier molecular flexibility index (Phi) is 6.99. The van der Waals surface area contributed by atoms with Gasteiger partial charge in [0.25, 0.3) is 5.91 Å². The van der Waals surface area contributed by atoms with E-state index in [2.05, 4.69) is 15.6 Å². The standard InChI is InChI=1S/C31H25ClN6O2/c1-20-27(30(39)35-26-13-7-8-18-33-26)28(22-14-16-23(17-15-22)40-19-21-9-3-2-4-10-21)38-31(34-20)36-29(37-38)24-11-5-6-12-25(24)32/h2-18,28H,19H2,1H3,(H,33,35,39)(H,34,36,37). The number of halogens is 1. The molecule has 40 heavy (non-hydrogen) atoms. The largest absolute Gasteiger partial charge is 0.489 e. The van der Waals surface area contributed by atoms with Crippen LogP contribution in [0.3, 0.4) is 0 Å². The molecular weight excluding hydrogens is 524 g/mol. The number of hydrogen-bond acceptors (Lipinski definition) is 6. The number of carbonyl (C=O) groups is 1. The van der Waals surface area contributed by atoms with Gasteiger partial charge < -0.3 is 15.4 Å². The minimum absolute atomic E-state index is 0.293. The van der Waals surface area contributed by atoms with Crippen LogP contribution in [-0.2, 0) is 11.4 Å². The molecule has 0 radical (unpaired) electrons. The van der Waals surface area contributed by atoms with E-state index in [0.29, 0.717) is 46.1 Å². The molecule has 9 heteroatoms. The third-order valence-corrected chi connectivity index (χ3v) is 6.89. The van der Waals surface area contributed by atoms with Crippen molar-refractivity contribution in [3.8, 4) is 17.1 Å². The van der Waals surface area contributed by atoms with E-state index in [1.165, 1.54) is 0 Å². The van der Waals surface area contributed by atoms with Crippen LogP contribution < -0.4 is 15.4 Å². The maximum atomic E-state index is 13.7. The first-order valence-corrected chi connectivity index (χ1v) is 13.1. The van der Waals surface area contributed by atoms with Crippen molar-refractivity contribution in [2.45, 2.75) is 19.6 Å². The van der Waals surface area contributed by atoms with E-state index in [1.54, 1.807) is 29.1 Å². The second-order valence-corrected chi connectivity index (χ2v) is 9.67. The van der Waals surface area contributed by atoms with Gasteiger partial charge in [0.2, 0.25) is 5.95 Å². The lowest BCUT2D eigenvalue weighted by atomic mass is 9.95. The zero-order valence-electron chi connectivity index (χ0n) is 21.6. The predicted molar refractivity (Wildman–Crippen MR) is 155 cm³/mol. The normalized spacial score (nSPS) is 14.3. The number of amides is 1. The number of aromatic nitrogens is 4. The molecule has 0 aliphatic carbocycles. The summed E-state index contributed by atoms with van der Waals surface area (Å²) >= 11 is 6.46. The molecule has 1 aliphatic heterocycles. The fourth-order valence-corrected chi connectivity index (χ4v) is 4.84. The van der Waals surface area contributed by atoms with E-state index in [4.69, 9.17) is 26.4 Å². The molecule has 0 saturated carbocycles. The molecule has 3 heterocycles. The Balaban J connectivity index is 1.36. The smallest absolute Gasteiger partial charge is 0.257 e. The van der Waals surface area contributed by atoms with Gasteiger partial charge in [0.15, 0.2) is 5.82 Å². The van der Waals surface area contributed by atoms with Gasteiger partial charge in [-0.25, -0.2) is 9.67 Å². The van der Waals surface area contributed by atoms with Crippen molar-refractivity contribution < 1.29 is 9.53 Å². The molecule has 1 amide bonds. The molecule has 0 fully saturated rings. The Morgan fingerprint density at radius 3 is 2.48 bits per heavy atom. The summed E-state index contributed by atoms with van der Waals surface area (Å²) in [6.45, 7) is 2.31. The van der Waals surface area contributed by atoms with Crippen LogP contribution in [0.25, 0.3) is 11.4 Å². The minimum atomic E-state index is -0.563. The first-order valence-electron chi connectivity index (χ1n) is 12.7. The van der Waals surface area contributed by atoms with Crippen LogP contribution in [0.2, 0.25) is 5.02 Å². The zero-order chi connectivity index (χ0) is 27.5. The van der Waals surface area contributed by atoms with Gasteiger partial charge in [0.05, 0.1) is 10.6 Å². The Bertz CT molecular complexity index is 1680. The van der Waals surface area contributed by atoms with Gasteiger partial charge in [-0.2, -0.15) is 4.98 Å². The molecule has 0 spiro atoms. The third-order valence-electron chi connectivity index (χ3n) is 6.56. The second-order valence-electron chi connectivity index (χ2n) is 9.26. The topological polar surface area (TPSA) is 94.0 Å². The maximum absolute atomic E-state index is 13.7.